The minimum absolute atomic E-state index is 0.0915. The largest absolute Gasteiger partial charge is 0.375 e. The van der Waals surface area contributed by atoms with Gasteiger partial charge in [0.15, 0.2) is 0 Å². The van der Waals surface area contributed by atoms with E-state index in [0.717, 1.165) is 17.4 Å². The van der Waals surface area contributed by atoms with Gasteiger partial charge in [-0.25, -0.2) is 0 Å². The number of para-hydroxylation sites is 1. The maximum absolute atomic E-state index is 11.9. The van der Waals surface area contributed by atoms with Crippen molar-refractivity contribution in [1.29, 1.82) is 0 Å². The number of halogens is 1. The summed E-state index contributed by atoms with van der Waals surface area (Å²) >= 11 is 3.31. The van der Waals surface area contributed by atoms with E-state index in [1.807, 2.05) is 18.2 Å². The second-order valence-electron chi connectivity index (χ2n) is 4.76. The van der Waals surface area contributed by atoms with Crippen molar-refractivity contribution in [3.05, 3.63) is 58.8 Å². The first-order chi connectivity index (χ1) is 10.2. The van der Waals surface area contributed by atoms with Crippen LogP contribution in [0.4, 0.5) is 5.69 Å². The molecular weight excluding hydrogens is 330 g/mol. The summed E-state index contributed by atoms with van der Waals surface area (Å²) in [4.78, 5) is 18.1. The Bertz CT molecular complexity index is 589. The third-order valence-electron chi connectivity index (χ3n) is 3.12. The lowest BCUT2D eigenvalue weighted by Gasteiger charge is -2.19. The number of anilines is 1. The molecule has 2 aromatic rings. The van der Waals surface area contributed by atoms with E-state index in [1.54, 1.807) is 18.5 Å². The number of carbonyl (C=O) groups is 1. The summed E-state index contributed by atoms with van der Waals surface area (Å²) in [7, 11) is 2.05. The van der Waals surface area contributed by atoms with Crippen LogP contribution in [0.5, 0.6) is 0 Å². The number of benzene rings is 1. The van der Waals surface area contributed by atoms with Crippen LogP contribution in [-0.4, -0.2) is 31.0 Å². The molecule has 1 N–H and O–H groups in total. The topological polar surface area (TPSA) is 45.2 Å². The molecule has 1 aromatic carbocycles. The Morgan fingerprint density at radius 2 is 2.05 bits per heavy atom. The number of carbonyl (C=O) groups excluding carboxylic acids is 1. The zero-order valence-corrected chi connectivity index (χ0v) is 13.5. The van der Waals surface area contributed by atoms with Gasteiger partial charge in [-0.3, -0.25) is 9.78 Å². The molecule has 2 rings (SSSR count). The number of nitrogens with one attached hydrogen (secondary N) is 1. The fourth-order valence-corrected chi connectivity index (χ4v) is 2.33. The molecule has 0 unspecified atom stereocenters. The molecule has 0 bridgehead atoms. The van der Waals surface area contributed by atoms with Crippen molar-refractivity contribution in [3.63, 3.8) is 0 Å². The van der Waals surface area contributed by atoms with E-state index in [4.69, 9.17) is 0 Å². The number of amides is 1. The highest BCUT2D eigenvalue weighted by Crippen LogP contribution is 2.11. The van der Waals surface area contributed by atoms with Gasteiger partial charge in [0.1, 0.15) is 0 Å². The van der Waals surface area contributed by atoms with Crippen LogP contribution in [0, 0.1) is 0 Å². The standard InChI is InChI=1S/C16H18BrN3O/c1-20(15-6-3-2-4-7-15)9-5-8-19-16(21)13-10-14(17)12-18-11-13/h2-4,6-7,10-12H,5,8-9H2,1H3,(H,19,21). The van der Waals surface area contributed by atoms with Crippen LogP contribution in [0.2, 0.25) is 0 Å². The highest BCUT2D eigenvalue weighted by Gasteiger charge is 2.06. The summed E-state index contributed by atoms with van der Waals surface area (Å²) in [6, 6.07) is 12.0. The normalized spacial score (nSPS) is 10.2. The van der Waals surface area contributed by atoms with Crippen LogP contribution in [0.15, 0.2) is 53.3 Å². The molecule has 0 aliphatic heterocycles. The number of pyridine rings is 1. The minimum Gasteiger partial charge on any atom is -0.375 e. The van der Waals surface area contributed by atoms with Gasteiger partial charge >= 0.3 is 0 Å². The Balaban J connectivity index is 1.74. The first-order valence-corrected chi connectivity index (χ1v) is 7.61. The molecule has 0 spiro atoms. The van der Waals surface area contributed by atoms with Crippen molar-refractivity contribution in [1.82, 2.24) is 10.3 Å². The number of hydrogen-bond donors (Lipinski definition) is 1. The average molecular weight is 348 g/mol. The summed E-state index contributed by atoms with van der Waals surface area (Å²) in [5.74, 6) is -0.0915. The fourth-order valence-electron chi connectivity index (χ4n) is 1.97. The monoisotopic (exact) mass is 347 g/mol. The highest BCUT2D eigenvalue weighted by atomic mass is 79.9. The van der Waals surface area contributed by atoms with Gasteiger partial charge in [-0.15, -0.1) is 0 Å². The lowest BCUT2D eigenvalue weighted by atomic mass is 10.2. The van der Waals surface area contributed by atoms with Crippen LogP contribution < -0.4 is 10.2 Å². The van der Waals surface area contributed by atoms with Gasteiger partial charge < -0.3 is 10.2 Å². The molecule has 21 heavy (non-hydrogen) atoms. The Kier molecular flexibility index (Phi) is 5.75. The Morgan fingerprint density at radius 1 is 1.29 bits per heavy atom. The molecule has 4 nitrogen and oxygen atoms in total. The summed E-state index contributed by atoms with van der Waals surface area (Å²) in [6.07, 6.45) is 4.11. The van der Waals surface area contributed by atoms with E-state index in [2.05, 4.69) is 50.3 Å². The van der Waals surface area contributed by atoms with Crippen LogP contribution in [-0.2, 0) is 0 Å². The van der Waals surface area contributed by atoms with Gasteiger partial charge in [0.25, 0.3) is 5.91 Å². The first kappa shape index (κ1) is 15.5. The molecule has 0 aliphatic rings. The predicted octanol–water partition coefficient (Wildman–Crippen LogP) is 3.10. The van der Waals surface area contributed by atoms with E-state index >= 15 is 0 Å². The van der Waals surface area contributed by atoms with E-state index in [0.29, 0.717) is 12.1 Å². The highest BCUT2D eigenvalue weighted by molar-refractivity contribution is 9.10. The van der Waals surface area contributed by atoms with Crippen LogP contribution in [0.1, 0.15) is 16.8 Å². The summed E-state index contributed by atoms with van der Waals surface area (Å²) in [6.45, 7) is 1.53. The van der Waals surface area contributed by atoms with Gasteiger partial charge in [0.2, 0.25) is 0 Å². The molecule has 0 saturated carbocycles. The molecule has 0 radical (unpaired) electrons. The van der Waals surface area contributed by atoms with Gasteiger partial charge in [-0.2, -0.15) is 0 Å². The number of hydrogen-bond acceptors (Lipinski definition) is 3. The molecule has 0 atom stereocenters. The van der Waals surface area contributed by atoms with Gasteiger partial charge in [-0.1, -0.05) is 18.2 Å². The maximum Gasteiger partial charge on any atom is 0.252 e. The summed E-state index contributed by atoms with van der Waals surface area (Å²) in [5, 5.41) is 2.91. The van der Waals surface area contributed by atoms with Crippen molar-refractivity contribution >= 4 is 27.5 Å². The third-order valence-corrected chi connectivity index (χ3v) is 3.55. The average Bonchev–Trinajstić information content (AvgIpc) is 2.52. The molecule has 0 fully saturated rings. The maximum atomic E-state index is 11.9. The summed E-state index contributed by atoms with van der Waals surface area (Å²) in [5.41, 5.74) is 1.75. The quantitative estimate of drug-likeness (QED) is 0.816. The van der Waals surface area contributed by atoms with Crippen LogP contribution in [0.25, 0.3) is 0 Å². The lowest BCUT2D eigenvalue weighted by molar-refractivity contribution is 0.0953. The SMILES string of the molecule is CN(CCCNC(=O)c1cncc(Br)c1)c1ccccc1. The number of aromatic nitrogens is 1. The van der Waals surface area contributed by atoms with Crippen molar-refractivity contribution in [2.75, 3.05) is 25.0 Å². The predicted molar refractivity (Wildman–Crippen MR) is 88.6 cm³/mol. The second kappa shape index (κ2) is 7.78. The fraction of sp³-hybridized carbons (Fsp3) is 0.250. The van der Waals surface area contributed by atoms with Gasteiger partial charge in [0, 0.05) is 42.7 Å². The molecule has 1 amide bonds. The molecule has 110 valence electrons. The number of rotatable bonds is 6. The van der Waals surface area contributed by atoms with Crippen LogP contribution in [0.3, 0.4) is 0 Å². The van der Waals surface area contributed by atoms with Crippen LogP contribution >= 0.6 is 15.9 Å². The zero-order valence-electron chi connectivity index (χ0n) is 11.9. The number of nitrogens with zero attached hydrogens (tertiary/aromatic N) is 2. The Morgan fingerprint density at radius 3 is 2.76 bits per heavy atom. The van der Waals surface area contributed by atoms with Crippen molar-refractivity contribution in [2.24, 2.45) is 0 Å². The summed E-state index contributed by atoms with van der Waals surface area (Å²) < 4.78 is 0.805. The van der Waals surface area contributed by atoms with Gasteiger partial charge in [-0.05, 0) is 40.5 Å². The molecule has 0 aliphatic carbocycles. The van der Waals surface area contributed by atoms with E-state index < -0.39 is 0 Å². The van der Waals surface area contributed by atoms with E-state index in [1.165, 1.54) is 5.69 Å². The molecule has 1 aromatic heterocycles. The van der Waals surface area contributed by atoms with E-state index in [9.17, 15) is 4.79 Å². The van der Waals surface area contributed by atoms with Crippen molar-refractivity contribution < 1.29 is 4.79 Å². The Hall–Kier alpha value is -1.88. The van der Waals surface area contributed by atoms with Crippen molar-refractivity contribution in [2.45, 2.75) is 6.42 Å². The minimum atomic E-state index is -0.0915. The lowest BCUT2D eigenvalue weighted by Crippen LogP contribution is -2.28. The van der Waals surface area contributed by atoms with E-state index in [-0.39, 0.29) is 5.91 Å². The third kappa shape index (κ3) is 4.86. The smallest absolute Gasteiger partial charge is 0.252 e. The van der Waals surface area contributed by atoms with Gasteiger partial charge in [0.05, 0.1) is 5.56 Å². The molecule has 0 saturated heterocycles. The second-order valence-corrected chi connectivity index (χ2v) is 5.67. The zero-order chi connectivity index (χ0) is 15.1. The Labute approximate surface area is 133 Å². The first-order valence-electron chi connectivity index (χ1n) is 6.82. The molecule has 5 heteroatoms. The molecular formula is C16H18BrN3O. The molecule has 1 heterocycles. The van der Waals surface area contributed by atoms with Crippen molar-refractivity contribution in [3.8, 4) is 0 Å².